The minimum Gasteiger partial charge on any atom is -0.361 e. The Morgan fingerprint density at radius 2 is 2.12 bits per heavy atom. The van der Waals surface area contributed by atoms with Crippen LogP contribution in [0.15, 0.2) is 40.9 Å². The van der Waals surface area contributed by atoms with Crippen LogP contribution < -0.4 is 0 Å². The van der Waals surface area contributed by atoms with Gasteiger partial charge in [0.25, 0.3) is 0 Å². The summed E-state index contributed by atoms with van der Waals surface area (Å²) in [6.45, 7) is 3.36. The molecular formula is C19H23N3O3. The molecule has 1 aliphatic rings. The number of hydrogen-bond acceptors (Lipinski definition) is 4. The molecule has 3 rings (SSSR count). The maximum absolute atomic E-state index is 12.6. The highest BCUT2D eigenvalue weighted by Crippen LogP contribution is 2.21. The molecular weight excluding hydrogens is 318 g/mol. The van der Waals surface area contributed by atoms with E-state index >= 15 is 0 Å². The van der Waals surface area contributed by atoms with Gasteiger partial charge in [-0.25, -0.2) is 0 Å². The van der Waals surface area contributed by atoms with Crippen molar-refractivity contribution in [1.29, 1.82) is 0 Å². The zero-order valence-electron chi connectivity index (χ0n) is 14.6. The van der Waals surface area contributed by atoms with Gasteiger partial charge in [-0.05, 0) is 18.9 Å². The van der Waals surface area contributed by atoms with E-state index in [0.717, 1.165) is 17.9 Å². The summed E-state index contributed by atoms with van der Waals surface area (Å²) in [5, 5.41) is 3.91. The lowest BCUT2D eigenvalue weighted by Gasteiger charge is -2.20. The predicted octanol–water partition coefficient (Wildman–Crippen LogP) is 2.03. The van der Waals surface area contributed by atoms with Crippen molar-refractivity contribution in [2.45, 2.75) is 26.3 Å². The van der Waals surface area contributed by atoms with Crippen molar-refractivity contribution >= 4 is 11.8 Å². The molecule has 1 saturated heterocycles. The lowest BCUT2D eigenvalue weighted by molar-refractivity contribution is -0.135. The van der Waals surface area contributed by atoms with Crippen LogP contribution in [0.2, 0.25) is 0 Å². The molecule has 0 unspecified atom stereocenters. The van der Waals surface area contributed by atoms with Crippen LogP contribution in [-0.4, -0.2) is 46.9 Å². The van der Waals surface area contributed by atoms with Crippen LogP contribution in [0.5, 0.6) is 0 Å². The highest BCUT2D eigenvalue weighted by molar-refractivity contribution is 5.89. The Hall–Kier alpha value is -2.63. The SMILES string of the molecule is Cc1cc(CN(C)C(=O)[C@@H]2CC(=O)N(CCc3ccccc3)C2)no1. The third-order valence-electron chi connectivity index (χ3n) is 4.53. The number of nitrogens with zero attached hydrogens (tertiary/aromatic N) is 3. The summed E-state index contributed by atoms with van der Waals surface area (Å²) in [5.74, 6) is 0.483. The fourth-order valence-electron chi connectivity index (χ4n) is 3.19. The van der Waals surface area contributed by atoms with Gasteiger partial charge in [-0.2, -0.15) is 0 Å². The fraction of sp³-hybridized carbons (Fsp3) is 0.421. The van der Waals surface area contributed by atoms with Crippen LogP contribution in [0.25, 0.3) is 0 Å². The molecule has 0 bridgehead atoms. The second kappa shape index (κ2) is 7.51. The summed E-state index contributed by atoms with van der Waals surface area (Å²) in [5.41, 5.74) is 1.92. The number of aryl methyl sites for hydroxylation is 1. The van der Waals surface area contributed by atoms with Gasteiger partial charge in [-0.3, -0.25) is 9.59 Å². The number of hydrogen-bond donors (Lipinski definition) is 0. The maximum atomic E-state index is 12.6. The number of aromatic nitrogens is 1. The van der Waals surface area contributed by atoms with E-state index in [9.17, 15) is 9.59 Å². The van der Waals surface area contributed by atoms with Gasteiger partial charge < -0.3 is 14.3 Å². The molecule has 1 aromatic carbocycles. The van der Waals surface area contributed by atoms with E-state index < -0.39 is 0 Å². The molecule has 2 amide bonds. The molecule has 25 heavy (non-hydrogen) atoms. The van der Waals surface area contributed by atoms with Crippen molar-refractivity contribution in [3.8, 4) is 0 Å². The second-order valence-corrected chi connectivity index (χ2v) is 6.60. The summed E-state index contributed by atoms with van der Waals surface area (Å²) in [6.07, 6.45) is 1.09. The van der Waals surface area contributed by atoms with Gasteiger partial charge >= 0.3 is 0 Å². The number of amides is 2. The molecule has 1 aliphatic heterocycles. The Labute approximate surface area is 147 Å². The van der Waals surface area contributed by atoms with Crippen molar-refractivity contribution in [3.05, 3.63) is 53.4 Å². The van der Waals surface area contributed by atoms with E-state index in [1.165, 1.54) is 5.56 Å². The largest absolute Gasteiger partial charge is 0.361 e. The molecule has 0 aliphatic carbocycles. The third-order valence-corrected chi connectivity index (χ3v) is 4.53. The van der Waals surface area contributed by atoms with Crippen LogP contribution in [-0.2, 0) is 22.6 Å². The highest BCUT2D eigenvalue weighted by atomic mass is 16.5. The smallest absolute Gasteiger partial charge is 0.228 e. The summed E-state index contributed by atoms with van der Waals surface area (Å²) in [4.78, 5) is 28.2. The van der Waals surface area contributed by atoms with Crippen LogP contribution >= 0.6 is 0 Å². The molecule has 1 aromatic heterocycles. The van der Waals surface area contributed by atoms with Gasteiger partial charge in [-0.1, -0.05) is 35.5 Å². The van der Waals surface area contributed by atoms with E-state index in [2.05, 4.69) is 17.3 Å². The monoisotopic (exact) mass is 341 g/mol. The topological polar surface area (TPSA) is 66.7 Å². The Kier molecular flexibility index (Phi) is 5.16. The molecule has 0 spiro atoms. The van der Waals surface area contributed by atoms with Gasteiger partial charge in [-0.15, -0.1) is 0 Å². The normalized spacial score (nSPS) is 17.1. The Bertz CT molecular complexity index is 741. The first-order valence-electron chi connectivity index (χ1n) is 8.52. The summed E-state index contributed by atoms with van der Waals surface area (Å²) in [7, 11) is 1.74. The lowest BCUT2D eigenvalue weighted by Crippen LogP contribution is -2.34. The standard InChI is InChI=1S/C19H23N3O3/c1-14-10-17(20-25-14)13-21(2)19(24)16-11-18(23)22(12-16)9-8-15-6-4-3-5-7-15/h3-7,10,16H,8-9,11-13H2,1-2H3/t16-/m1/s1. The van der Waals surface area contributed by atoms with Crippen molar-refractivity contribution in [1.82, 2.24) is 15.0 Å². The van der Waals surface area contributed by atoms with Crippen molar-refractivity contribution < 1.29 is 14.1 Å². The first-order chi connectivity index (χ1) is 12.0. The van der Waals surface area contributed by atoms with Crippen LogP contribution in [0.4, 0.5) is 0 Å². The fourth-order valence-corrected chi connectivity index (χ4v) is 3.19. The predicted molar refractivity (Wildman–Crippen MR) is 92.5 cm³/mol. The molecule has 132 valence electrons. The lowest BCUT2D eigenvalue weighted by atomic mass is 10.1. The zero-order valence-corrected chi connectivity index (χ0v) is 14.6. The molecule has 2 heterocycles. The highest BCUT2D eigenvalue weighted by Gasteiger charge is 2.35. The van der Waals surface area contributed by atoms with E-state index in [1.807, 2.05) is 31.2 Å². The first kappa shape index (κ1) is 17.2. The minimum absolute atomic E-state index is 0.0174. The van der Waals surface area contributed by atoms with Gasteiger partial charge in [0.05, 0.1) is 12.5 Å². The third kappa shape index (κ3) is 4.26. The van der Waals surface area contributed by atoms with Crippen molar-refractivity contribution in [3.63, 3.8) is 0 Å². The number of benzene rings is 1. The maximum Gasteiger partial charge on any atom is 0.228 e. The average molecular weight is 341 g/mol. The molecule has 2 aromatic rings. The molecule has 0 radical (unpaired) electrons. The van der Waals surface area contributed by atoms with E-state index in [4.69, 9.17) is 4.52 Å². The van der Waals surface area contributed by atoms with Crippen LogP contribution in [0.3, 0.4) is 0 Å². The van der Waals surface area contributed by atoms with Gasteiger partial charge in [0.2, 0.25) is 11.8 Å². The molecule has 0 saturated carbocycles. The number of rotatable bonds is 6. The zero-order chi connectivity index (χ0) is 17.8. The van der Waals surface area contributed by atoms with E-state index in [0.29, 0.717) is 19.6 Å². The van der Waals surface area contributed by atoms with Crippen LogP contribution in [0.1, 0.15) is 23.4 Å². The van der Waals surface area contributed by atoms with Gasteiger partial charge in [0.15, 0.2) is 0 Å². The molecule has 6 heteroatoms. The number of carbonyl (C=O) groups is 2. The summed E-state index contributed by atoms with van der Waals surface area (Å²) < 4.78 is 5.03. The first-order valence-corrected chi connectivity index (χ1v) is 8.52. The quantitative estimate of drug-likeness (QED) is 0.806. The molecule has 1 fully saturated rings. The van der Waals surface area contributed by atoms with E-state index in [-0.39, 0.29) is 24.2 Å². The molecule has 0 N–H and O–H groups in total. The number of likely N-dealkylation sites (tertiary alicyclic amines) is 1. The Morgan fingerprint density at radius 1 is 1.36 bits per heavy atom. The Balaban J connectivity index is 1.53. The molecule has 1 atom stereocenters. The van der Waals surface area contributed by atoms with Crippen molar-refractivity contribution in [2.75, 3.05) is 20.1 Å². The van der Waals surface area contributed by atoms with E-state index in [1.54, 1.807) is 16.8 Å². The van der Waals surface area contributed by atoms with Crippen LogP contribution in [0, 0.1) is 12.8 Å². The number of carbonyl (C=O) groups excluding carboxylic acids is 2. The minimum atomic E-state index is -0.277. The average Bonchev–Trinajstić information content (AvgIpc) is 3.18. The second-order valence-electron chi connectivity index (χ2n) is 6.60. The van der Waals surface area contributed by atoms with Crippen molar-refractivity contribution in [2.24, 2.45) is 5.92 Å². The van der Waals surface area contributed by atoms with Gasteiger partial charge in [0, 0.05) is 32.6 Å². The summed E-state index contributed by atoms with van der Waals surface area (Å²) >= 11 is 0. The molecule has 6 nitrogen and oxygen atoms in total. The Morgan fingerprint density at radius 3 is 2.80 bits per heavy atom. The van der Waals surface area contributed by atoms with Gasteiger partial charge in [0.1, 0.15) is 11.5 Å². The summed E-state index contributed by atoms with van der Waals surface area (Å²) in [6, 6.07) is 11.9.